The number of carbonyl (C=O) groups is 3. The second kappa shape index (κ2) is 8.24. The maximum atomic E-state index is 12.0. The van der Waals surface area contributed by atoms with Crippen LogP contribution in [0.3, 0.4) is 0 Å². The van der Waals surface area contributed by atoms with Crippen molar-refractivity contribution >= 4 is 17.8 Å². The topological polar surface area (TPSA) is 83.9 Å². The number of imide groups is 1. The fourth-order valence-electron chi connectivity index (χ4n) is 1.89. The molecule has 1 aliphatic heterocycles. The van der Waals surface area contributed by atoms with E-state index >= 15 is 0 Å². The van der Waals surface area contributed by atoms with E-state index in [2.05, 4.69) is 0 Å². The van der Waals surface area contributed by atoms with Gasteiger partial charge in [-0.15, -0.1) is 0 Å². The number of carbonyl (C=O) groups excluding carboxylic acids is 2. The third-order valence-corrected chi connectivity index (χ3v) is 5.42. The van der Waals surface area contributed by atoms with Crippen LogP contribution in [0.25, 0.3) is 0 Å². The number of ether oxygens (including phenoxy) is 1. The first-order valence-electron chi connectivity index (χ1n) is 6.39. The molecule has 109 valence electrons. The van der Waals surface area contributed by atoms with Gasteiger partial charge >= 0.3 is 116 Å². The number of aliphatic carboxylic acids is 1. The third-order valence-electron chi connectivity index (χ3n) is 2.92. The normalized spacial score (nSPS) is 14.4. The molecule has 1 heterocycles. The Morgan fingerprint density at radius 1 is 1.29 bits per heavy atom. The van der Waals surface area contributed by atoms with Gasteiger partial charge in [0.1, 0.15) is 0 Å². The second-order valence-electron chi connectivity index (χ2n) is 4.43. The summed E-state index contributed by atoms with van der Waals surface area (Å²) in [6.45, 7) is 1.45. The van der Waals surface area contributed by atoms with Crippen molar-refractivity contribution in [1.29, 1.82) is 0 Å². The van der Waals surface area contributed by atoms with Crippen molar-refractivity contribution in [3.05, 3.63) is 35.4 Å². The van der Waals surface area contributed by atoms with Crippen molar-refractivity contribution in [2.24, 2.45) is 0 Å². The van der Waals surface area contributed by atoms with Crippen LogP contribution in [0.5, 0.6) is 0 Å². The van der Waals surface area contributed by atoms with Gasteiger partial charge in [-0.25, -0.2) is 0 Å². The van der Waals surface area contributed by atoms with Crippen LogP contribution >= 0.6 is 0 Å². The molecule has 0 saturated carbocycles. The number of methoxy groups -OCH3 is 1. The number of amides is 2. The van der Waals surface area contributed by atoms with Gasteiger partial charge in [-0.05, 0) is 0 Å². The monoisotopic (exact) mass is 480 g/mol. The molecule has 0 radical (unpaired) electrons. The number of benzene rings is 1. The molecular formula is C14H16HgNO5. The van der Waals surface area contributed by atoms with Crippen LogP contribution in [0.1, 0.15) is 27.6 Å². The standard InChI is InChI=1S/C12H12NO3.C2H4O2.Hg/c1-8(16-2)7-13-11(14)9-5-3-4-6-10(9)12(13)15;1-2(3)4;/h3-6,8H,1,7H2,2H3;1H3,(H,3,4);. The molecule has 21 heavy (non-hydrogen) atoms. The van der Waals surface area contributed by atoms with Gasteiger partial charge in [0.2, 0.25) is 0 Å². The Kier molecular flexibility index (Phi) is 6.97. The van der Waals surface area contributed by atoms with Crippen molar-refractivity contribution < 1.29 is 50.3 Å². The molecule has 1 atom stereocenters. The molecule has 1 unspecified atom stereocenters. The Bertz CT molecular complexity index is 503. The summed E-state index contributed by atoms with van der Waals surface area (Å²) in [5.41, 5.74) is 1.01. The van der Waals surface area contributed by atoms with Crippen molar-refractivity contribution in [3.63, 3.8) is 0 Å². The number of rotatable bonds is 4. The average Bonchev–Trinajstić information content (AvgIpc) is 2.69. The summed E-state index contributed by atoms with van der Waals surface area (Å²) in [6, 6.07) is 6.94. The Balaban J connectivity index is 0.000000491. The molecule has 0 bridgehead atoms. The van der Waals surface area contributed by atoms with Crippen LogP contribution in [-0.4, -0.2) is 47.5 Å². The molecule has 2 rings (SSSR count). The Morgan fingerprint density at radius 2 is 1.71 bits per heavy atom. The fraction of sp³-hybridized carbons (Fsp3) is 0.357. The van der Waals surface area contributed by atoms with E-state index < -0.39 is 5.97 Å². The molecule has 7 heteroatoms. The van der Waals surface area contributed by atoms with Crippen LogP contribution < -0.4 is 0 Å². The zero-order valence-electron chi connectivity index (χ0n) is 12.0. The van der Waals surface area contributed by atoms with Crippen LogP contribution in [0, 0.1) is 0 Å². The molecule has 0 aromatic heterocycles. The van der Waals surface area contributed by atoms with Gasteiger partial charge in [-0.3, -0.25) is 4.79 Å². The van der Waals surface area contributed by atoms with Crippen LogP contribution in [-0.2, 0) is 35.7 Å². The first kappa shape index (κ1) is 17.8. The maximum absolute atomic E-state index is 12.0. The summed E-state index contributed by atoms with van der Waals surface area (Å²) in [5, 5.41) is 7.42. The third kappa shape index (κ3) is 4.61. The summed E-state index contributed by atoms with van der Waals surface area (Å²) < 4.78 is 6.22. The Labute approximate surface area is 139 Å². The van der Waals surface area contributed by atoms with Crippen molar-refractivity contribution in [2.75, 3.05) is 13.7 Å². The molecule has 6 nitrogen and oxygen atoms in total. The molecule has 0 fully saturated rings. The molecule has 1 N–H and O–H groups in total. The average molecular weight is 479 g/mol. The molecule has 0 saturated heterocycles. The van der Waals surface area contributed by atoms with E-state index in [1.807, 2.05) is 0 Å². The van der Waals surface area contributed by atoms with E-state index in [1.54, 1.807) is 31.4 Å². The fourth-order valence-corrected chi connectivity index (χ4v) is 3.52. The summed E-state index contributed by atoms with van der Waals surface area (Å²) in [4.78, 5) is 34.4. The number of hydrogen-bond acceptors (Lipinski definition) is 4. The molecule has 1 aromatic carbocycles. The summed E-state index contributed by atoms with van der Waals surface area (Å²) in [7, 11) is 1.62. The summed E-state index contributed by atoms with van der Waals surface area (Å²) >= 11 is 0.596. The minimum absolute atomic E-state index is 0.0134. The molecule has 0 spiro atoms. The summed E-state index contributed by atoms with van der Waals surface area (Å²) in [5.74, 6) is -1.23. The van der Waals surface area contributed by atoms with E-state index in [0.717, 1.165) is 10.9 Å². The number of carboxylic acids is 1. The van der Waals surface area contributed by atoms with E-state index in [0.29, 0.717) is 43.8 Å². The molecular weight excluding hydrogens is 463 g/mol. The second-order valence-corrected chi connectivity index (χ2v) is 6.68. The van der Waals surface area contributed by atoms with Gasteiger partial charge in [0, 0.05) is 6.92 Å². The van der Waals surface area contributed by atoms with Gasteiger partial charge < -0.3 is 5.11 Å². The molecule has 1 aromatic rings. The van der Waals surface area contributed by atoms with E-state index in [1.165, 1.54) is 4.90 Å². The van der Waals surface area contributed by atoms with Crippen molar-refractivity contribution in [3.8, 4) is 0 Å². The van der Waals surface area contributed by atoms with Crippen LogP contribution in [0.15, 0.2) is 24.3 Å². The number of fused-ring (bicyclic) bond motifs is 1. The Hall–Kier alpha value is -1.27. The quantitative estimate of drug-likeness (QED) is 0.522. The minimum atomic E-state index is -0.833. The predicted octanol–water partition coefficient (Wildman–Crippen LogP) is 1.35. The number of carboxylic acid groups (broad SMARTS) is 1. The van der Waals surface area contributed by atoms with Gasteiger partial charge in [-0.1, -0.05) is 0 Å². The van der Waals surface area contributed by atoms with Crippen LogP contribution in [0.2, 0.25) is 3.93 Å². The first-order valence-corrected chi connectivity index (χ1v) is 10.3. The van der Waals surface area contributed by atoms with Crippen molar-refractivity contribution in [2.45, 2.75) is 17.0 Å². The van der Waals surface area contributed by atoms with Gasteiger partial charge in [0.05, 0.1) is 0 Å². The van der Waals surface area contributed by atoms with E-state index in [4.69, 9.17) is 14.6 Å². The predicted molar refractivity (Wildman–Crippen MR) is 70.7 cm³/mol. The zero-order valence-corrected chi connectivity index (χ0v) is 17.5. The zero-order chi connectivity index (χ0) is 16.0. The Morgan fingerprint density at radius 3 is 2.05 bits per heavy atom. The molecule has 1 aliphatic rings. The summed E-state index contributed by atoms with van der Waals surface area (Å²) in [6.07, 6.45) is -0.0134. The van der Waals surface area contributed by atoms with Gasteiger partial charge in [0.15, 0.2) is 0 Å². The first-order chi connectivity index (χ1) is 9.92. The number of hydrogen-bond donors (Lipinski definition) is 1. The van der Waals surface area contributed by atoms with Crippen molar-refractivity contribution in [1.82, 2.24) is 4.90 Å². The van der Waals surface area contributed by atoms with Crippen LogP contribution in [0.4, 0.5) is 0 Å². The molecule has 2 amide bonds. The number of nitrogens with zero attached hydrogens (tertiary/aromatic N) is 1. The van der Waals surface area contributed by atoms with Gasteiger partial charge in [-0.2, -0.15) is 0 Å². The van der Waals surface area contributed by atoms with Gasteiger partial charge in [0.25, 0.3) is 5.97 Å². The van der Waals surface area contributed by atoms with E-state index in [9.17, 15) is 9.59 Å². The van der Waals surface area contributed by atoms with E-state index in [-0.39, 0.29) is 17.9 Å². The molecule has 0 aliphatic carbocycles. The SMILES string of the molecule is CC(=O)O.COC([CH2][Hg])CN1C(=O)c2ccccc2C1=O.